The number of carbonyl (C=O) groups excluding carboxylic acids is 1. The van der Waals surface area contributed by atoms with Gasteiger partial charge < -0.3 is 16.0 Å². The molecule has 5 nitrogen and oxygen atoms in total. The molecule has 4 N–H and O–H groups in total. The van der Waals surface area contributed by atoms with Gasteiger partial charge in [0.2, 0.25) is 0 Å². The van der Waals surface area contributed by atoms with Crippen LogP contribution in [0.2, 0.25) is 0 Å². The second-order valence-corrected chi connectivity index (χ2v) is 5.06. The van der Waals surface area contributed by atoms with Crippen LogP contribution in [0.5, 0.6) is 0 Å². The van der Waals surface area contributed by atoms with Gasteiger partial charge in [-0.05, 0) is 24.6 Å². The lowest BCUT2D eigenvalue weighted by Crippen LogP contribution is -2.29. The summed E-state index contributed by atoms with van der Waals surface area (Å²) in [6, 6.07) is 5.06. The molecule has 19 heavy (non-hydrogen) atoms. The summed E-state index contributed by atoms with van der Waals surface area (Å²) < 4.78 is 0.817. The molecule has 2 aromatic rings. The first-order valence-electron chi connectivity index (χ1n) is 5.97. The zero-order chi connectivity index (χ0) is 13.8. The van der Waals surface area contributed by atoms with Crippen molar-refractivity contribution in [3.8, 4) is 0 Å². The molecule has 0 aliphatic rings. The zero-order valence-corrected chi connectivity index (χ0v) is 12.1. The molecule has 1 heterocycles. The third kappa shape index (κ3) is 3.14. The monoisotopic (exact) mass is 322 g/mol. The molecule has 0 aliphatic heterocycles. The maximum atomic E-state index is 12.2. The topological polar surface area (TPSA) is 83.8 Å². The number of aromatic nitrogens is 2. The molecule has 0 saturated carbocycles. The fourth-order valence-electron chi connectivity index (χ4n) is 1.79. The minimum absolute atomic E-state index is 0.152. The van der Waals surface area contributed by atoms with E-state index in [-0.39, 0.29) is 11.9 Å². The molecular weight excluding hydrogens is 308 g/mol. The number of anilines is 1. The Balaban J connectivity index is 2.18. The first kappa shape index (κ1) is 13.6. The number of rotatable bonds is 4. The third-order valence-corrected chi connectivity index (χ3v) is 3.32. The summed E-state index contributed by atoms with van der Waals surface area (Å²) in [5.41, 5.74) is 6.73. The second kappa shape index (κ2) is 5.88. The van der Waals surface area contributed by atoms with Gasteiger partial charge in [0, 0.05) is 22.6 Å². The molecule has 1 unspecified atom stereocenters. The minimum atomic E-state index is -0.206. The lowest BCUT2D eigenvalue weighted by atomic mass is 10.1. The Morgan fingerprint density at radius 2 is 2.37 bits per heavy atom. The van der Waals surface area contributed by atoms with Crippen LogP contribution in [0.25, 0.3) is 0 Å². The van der Waals surface area contributed by atoms with E-state index in [1.165, 1.54) is 0 Å². The molecular formula is C13H15BrN4O. The number of nitrogens with one attached hydrogen (secondary N) is 2. The van der Waals surface area contributed by atoms with Crippen LogP contribution in [-0.4, -0.2) is 15.9 Å². The summed E-state index contributed by atoms with van der Waals surface area (Å²) in [4.78, 5) is 19.4. The van der Waals surface area contributed by atoms with Gasteiger partial charge in [0.15, 0.2) is 0 Å². The van der Waals surface area contributed by atoms with Crippen molar-refractivity contribution in [2.75, 3.05) is 5.73 Å². The standard InChI is InChI=1S/C13H15BrN4O/c1-2-11(12-16-5-6-17-12)18-13(19)9-7-8(14)3-4-10(9)15/h3-7,11H,2,15H2,1H3,(H,16,17)(H,18,19). The van der Waals surface area contributed by atoms with Gasteiger partial charge >= 0.3 is 0 Å². The number of nitrogens with zero attached hydrogens (tertiary/aromatic N) is 1. The van der Waals surface area contributed by atoms with Crippen molar-refractivity contribution in [3.05, 3.63) is 46.5 Å². The van der Waals surface area contributed by atoms with Crippen molar-refractivity contribution in [2.24, 2.45) is 0 Å². The van der Waals surface area contributed by atoms with E-state index in [9.17, 15) is 4.79 Å². The van der Waals surface area contributed by atoms with Crippen molar-refractivity contribution in [2.45, 2.75) is 19.4 Å². The van der Waals surface area contributed by atoms with E-state index in [4.69, 9.17) is 5.73 Å². The van der Waals surface area contributed by atoms with Gasteiger partial charge in [-0.1, -0.05) is 22.9 Å². The maximum absolute atomic E-state index is 12.2. The molecule has 0 bridgehead atoms. The van der Waals surface area contributed by atoms with Gasteiger partial charge in [-0.3, -0.25) is 4.79 Å². The summed E-state index contributed by atoms with van der Waals surface area (Å²) in [5, 5.41) is 2.92. The predicted molar refractivity (Wildman–Crippen MR) is 77.6 cm³/mol. The van der Waals surface area contributed by atoms with Crippen LogP contribution >= 0.6 is 15.9 Å². The normalized spacial score (nSPS) is 12.1. The lowest BCUT2D eigenvalue weighted by Gasteiger charge is -2.15. The maximum Gasteiger partial charge on any atom is 0.253 e. The summed E-state index contributed by atoms with van der Waals surface area (Å²) in [7, 11) is 0. The largest absolute Gasteiger partial charge is 0.398 e. The molecule has 1 atom stereocenters. The Kier molecular flexibility index (Phi) is 4.21. The number of amides is 1. The molecule has 2 rings (SSSR count). The van der Waals surface area contributed by atoms with Crippen LogP contribution in [0.1, 0.15) is 35.6 Å². The van der Waals surface area contributed by atoms with E-state index in [0.29, 0.717) is 11.3 Å². The zero-order valence-electron chi connectivity index (χ0n) is 10.5. The molecule has 0 aliphatic carbocycles. The third-order valence-electron chi connectivity index (χ3n) is 2.82. The molecule has 0 saturated heterocycles. The average molecular weight is 323 g/mol. The number of halogens is 1. The van der Waals surface area contributed by atoms with Gasteiger partial charge in [-0.25, -0.2) is 4.98 Å². The highest BCUT2D eigenvalue weighted by Crippen LogP contribution is 2.20. The van der Waals surface area contributed by atoms with Crippen LogP contribution < -0.4 is 11.1 Å². The van der Waals surface area contributed by atoms with Crippen LogP contribution in [-0.2, 0) is 0 Å². The molecule has 0 radical (unpaired) electrons. The average Bonchev–Trinajstić information content (AvgIpc) is 2.92. The Morgan fingerprint density at radius 3 is 3.00 bits per heavy atom. The Morgan fingerprint density at radius 1 is 1.58 bits per heavy atom. The first-order chi connectivity index (χ1) is 9.11. The van der Waals surface area contributed by atoms with Gasteiger partial charge in [0.25, 0.3) is 5.91 Å². The quantitative estimate of drug-likeness (QED) is 0.756. The Bertz CT molecular complexity index is 568. The highest BCUT2D eigenvalue weighted by Gasteiger charge is 2.17. The number of nitrogen functional groups attached to an aromatic ring is 1. The number of nitrogens with two attached hydrogens (primary N) is 1. The van der Waals surface area contributed by atoms with Crippen LogP contribution in [0.4, 0.5) is 5.69 Å². The smallest absolute Gasteiger partial charge is 0.253 e. The van der Waals surface area contributed by atoms with E-state index in [0.717, 1.165) is 16.7 Å². The Hall–Kier alpha value is -1.82. The molecule has 0 spiro atoms. The summed E-state index contributed by atoms with van der Waals surface area (Å²) in [5.74, 6) is 0.534. The van der Waals surface area contributed by atoms with Crippen molar-refractivity contribution in [1.82, 2.24) is 15.3 Å². The summed E-state index contributed by atoms with van der Waals surface area (Å²) in [6.07, 6.45) is 4.14. The van der Waals surface area contributed by atoms with Crippen LogP contribution in [0, 0.1) is 0 Å². The lowest BCUT2D eigenvalue weighted by molar-refractivity contribution is 0.0934. The van der Waals surface area contributed by atoms with Gasteiger partial charge in [0.1, 0.15) is 5.82 Å². The van der Waals surface area contributed by atoms with Crippen molar-refractivity contribution in [3.63, 3.8) is 0 Å². The molecule has 0 fully saturated rings. The van der Waals surface area contributed by atoms with Crippen LogP contribution in [0.15, 0.2) is 35.1 Å². The number of hydrogen-bond acceptors (Lipinski definition) is 3. The van der Waals surface area contributed by atoms with E-state index in [2.05, 4.69) is 31.2 Å². The van der Waals surface area contributed by atoms with Crippen LogP contribution in [0.3, 0.4) is 0 Å². The molecule has 100 valence electrons. The number of H-pyrrole nitrogens is 1. The van der Waals surface area contributed by atoms with E-state index in [1.54, 1.807) is 30.6 Å². The Labute approximate surface area is 119 Å². The van der Waals surface area contributed by atoms with E-state index in [1.807, 2.05) is 6.92 Å². The number of aromatic amines is 1. The highest BCUT2D eigenvalue weighted by atomic mass is 79.9. The van der Waals surface area contributed by atoms with Gasteiger partial charge in [0.05, 0.1) is 11.6 Å². The molecule has 6 heteroatoms. The van der Waals surface area contributed by atoms with Crippen molar-refractivity contribution in [1.29, 1.82) is 0 Å². The number of hydrogen-bond donors (Lipinski definition) is 3. The molecule has 1 aromatic heterocycles. The van der Waals surface area contributed by atoms with Crippen molar-refractivity contribution < 1.29 is 4.79 Å². The fraction of sp³-hybridized carbons (Fsp3) is 0.231. The second-order valence-electron chi connectivity index (χ2n) is 4.14. The predicted octanol–water partition coefficient (Wildman–Crippen LogP) is 2.64. The van der Waals surface area contributed by atoms with Gasteiger partial charge in [-0.2, -0.15) is 0 Å². The molecule has 1 aromatic carbocycles. The number of benzene rings is 1. The number of imidazole rings is 1. The SMILES string of the molecule is CCC(NC(=O)c1cc(Br)ccc1N)c1ncc[nH]1. The fourth-order valence-corrected chi connectivity index (χ4v) is 2.15. The summed E-state index contributed by atoms with van der Waals surface area (Å²) in [6.45, 7) is 1.98. The van der Waals surface area contributed by atoms with Gasteiger partial charge in [-0.15, -0.1) is 0 Å². The van der Waals surface area contributed by atoms with E-state index < -0.39 is 0 Å². The first-order valence-corrected chi connectivity index (χ1v) is 6.76. The van der Waals surface area contributed by atoms with E-state index >= 15 is 0 Å². The number of carbonyl (C=O) groups is 1. The van der Waals surface area contributed by atoms with Crippen molar-refractivity contribution >= 4 is 27.5 Å². The summed E-state index contributed by atoms with van der Waals surface area (Å²) >= 11 is 3.33. The minimum Gasteiger partial charge on any atom is -0.398 e. The highest BCUT2D eigenvalue weighted by molar-refractivity contribution is 9.10. The molecule has 1 amide bonds.